The van der Waals surface area contributed by atoms with Gasteiger partial charge in [0.2, 0.25) is 5.75 Å². The van der Waals surface area contributed by atoms with Crippen LogP contribution in [0, 0.1) is 0 Å². The number of hydrogen-bond donors (Lipinski definition) is 0. The van der Waals surface area contributed by atoms with Crippen molar-refractivity contribution >= 4 is 11.3 Å². The molecule has 0 aliphatic carbocycles. The average Bonchev–Trinajstić information content (AvgIpc) is 2.95. The summed E-state index contributed by atoms with van der Waals surface area (Å²) in [6.07, 6.45) is 0. The molecule has 0 fully saturated rings. The Hall–Kier alpha value is -1.68. The smallest absolute Gasteiger partial charge is 0.203 e. The van der Waals surface area contributed by atoms with E-state index in [4.69, 9.17) is 14.2 Å². The molecule has 0 bridgehead atoms. The van der Waals surface area contributed by atoms with E-state index in [0.29, 0.717) is 17.2 Å². The van der Waals surface area contributed by atoms with Crippen molar-refractivity contribution in [3.05, 3.63) is 29.1 Å². The Balaban J connectivity index is 2.51. The van der Waals surface area contributed by atoms with E-state index in [0.717, 1.165) is 5.56 Å². The van der Waals surface area contributed by atoms with Crippen LogP contribution in [0.25, 0.3) is 10.4 Å². The lowest BCUT2D eigenvalue weighted by molar-refractivity contribution is 0.324. The van der Waals surface area contributed by atoms with Gasteiger partial charge >= 0.3 is 0 Å². The maximum atomic E-state index is 5.41. The first kappa shape index (κ1) is 15.7. The first-order valence-electron chi connectivity index (χ1n) is 6.81. The minimum Gasteiger partial charge on any atom is -0.493 e. The number of methoxy groups -OCH3 is 3. The molecule has 0 N–H and O–H groups in total. The van der Waals surface area contributed by atoms with Crippen LogP contribution in [0.4, 0.5) is 0 Å². The molecule has 0 atom stereocenters. The SMILES string of the molecule is COc1cc(-c2ccc(C(C)(C)C)s2)cc(OC)c1OC. The summed E-state index contributed by atoms with van der Waals surface area (Å²) >= 11 is 1.79. The number of hydrogen-bond acceptors (Lipinski definition) is 4. The Morgan fingerprint density at radius 1 is 0.857 bits per heavy atom. The molecule has 0 spiro atoms. The zero-order valence-corrected chi connectivity index (χ0v) is 14.3. The van der Waals surface area contributed by atoms with Crippen molar-refractivity contribution in [3.8, 4) is 27.7 Å². The fraction of sp³-hybridized carbons (Fsp3) is 0.412. The van der Waals surface area contributed by atoms with Gasteiger partial charge < -0.3 is 14.2 Å². The molecule has 0 unspecified atom stereocenters. The van der Waals surface area contributed by atoms with Crippen molar-refractivity contribution in [2.45, 2.75) is 26.2 Å². The highest BCUT2D eigenvalue weighted by Crippen LogP contribution is 2.43. The van der Waals surface area contributed by atoms with Crippen molar-refractivity contribution in [1.82, 2.24) is 0 Å². The van der Waals surface area contributed by atoms with Gasteiger partial charge in [0.15, 0.2) is 11.5 Å². The predicted molar refractivity (Wildman–Crippen MR) is 88.1 cm³/mol. The Labute approximate surface area is 130 Å². The quantitative estimate of drug-likeness (QED) is 0.816. The van der Waals surface area contributed by atoms with Gasteiger partial charge in [-0.15, -0.1) is 11.3 Å². The molecule has 0 saturated heterocycles. The predicted octanol–water partition coefficient (Wildman–Crippen LogP) is 4.74. The van der Waals surface area contributed by atoms with Gasteiger partial charge in [0.05, 0.1) is 21.3 Å². The van der Waals surface area contributed by atoms with Gasteiger partial charge in [-0.3, -0.25) is 0 Å². The van der Waals surface area contributed by atoms with Gasteiger partial charge in [0.25, 0.3) is 0 Å². The molecule has 0 aliphatic rings. The number of thiophene rings is 1. The lowest BCUT2D eigenvalue weighted by atomic mass is 9.95. The van der Waals surface area contributed by atoms with E-state index in [2.05, 4.69) is 32.9 Å². The van der Waals surface area contributed by atoms with Gasteiger partial charge in [-0.2, -0.15) is 0 Å². The third-order valence-corrected chi connectivity index (χ3v) is 4.85. The highest BCUT2D eigenvalue weighted by molar-refractivity contribution is 7.15. The molecular formula is C17H22O3S. The second-order valence-electron chi connectivity index (χ2n) is 5.83. The van der Waals surface area contributed by atoms with Crippen LogP contribution in [-0.2, 0) is 5.41 Å². The molecule has 114 valence electrons. The maximum Gasteiger partial charge on any atom is 0.203 e. The Morgan fingerprint density at radius 2 is 1.43 bits per heavy atom. The zero-order valence-electron chi connectivity index (χ0n) is 13.4. The molecule has 1 aromatic carbocycles. The molecule has 0 saturated carbocycles. The normalized spacial score (nSPS) is 11.3. The molecule has 0 amide bonds. The van der Waals surface area contributed by atoms with Crippen LogP contribution in [0.15, 0.2) is 24.3 Å². The summed E-state index contributed by atoms with van der Waals surface area (Å²) in [5.74, 6) is 1.98. The molecule has 4 heteroatoms. The van der Waals surface area contributed by atoms with Crippen molar-refractivity contribution in [3.63, 3.8) is 0 Å². The summed E-state index contributed by atoms with van der Waals surface area (Å²) in [6.45, 7) is 6.66. The van der Waals surface area contributed by atoms with E-state index in [1.807, 2.05) is 12.1 Å². The molecule has 1 aromatic heterocycles. The van der Waals surface area contributed by atoms with Crippen LogP contribution in [0.1, 0.15) is 25.6 Å². The van der Waals surface area contributed by atoms with Crippen LogP contribution >= 0.6 is 11.3 Å². The molecule has 21 heavy (non-hydrogen) atoms. The fourth-order valence-electron chi connectivity index (χ4n) is 2.12. The summed E-state index contributed by atoms with van der Waals surface area (Å²) in [5.41, 5.74) is 1.23. The second kappa shape index (κ2) is 5.98. The van der Waals surface area contributed by atoms with E-state index < -0.39 is 0 Å². The van der Waals surface area contributed by atoms with Crippen LogP contribution in [0.2, 0.25) is 0 Å². The lowest BCUT2D eigenvalue weighted by Gasteiger charge is -2.15. The number of rotatable bonds is 4. The third-order valence-electron chi connectivity index (χ3n) is 3.29. The standard InChI is InChI=1S/C17H22O3S/c1-17(2,3)15-8-7-14(21-15)11-9-12(18-4)16(20-6)13(10-11)19-5/h7-10H,1-6H3. The molecule has 1 heterocycles. The number of benzene rings is 1. The summed E-state index contributed by atoms with van der Waals surface area (Å²) in [6, 6.07) is 8.30. The van der Waals surface area contributed by atoms with Crippen molar-refractivity contribution < 1.29 is 14.2 Å². The number of ether oxygens (including phenoxy) is 3. The molecule has 2 aromatic rings. The van der Waals surface area contributed by atoms with E-state index in [1.54, 1.807) is 32.7 Å². The van der Waals surface area contributed by atoms with Gasteiger partial charge in [-0.05, 0) is 35.2 Å². The van der Waals surface area contributed by atoms with Crippen LogP contribution in [0.3, 0.4) is 0 Å². The minimum atomic E-state index is 0.156. The zero-order chi connectivity index (χ0) is 15.6. The monoisotopic (exact) mass is 306 g/mol. The summed E-state index contributed by atoms with van der Waals surface area (Å²) < 4.78 is 16.2. The minimum absolute atomic E-state index is 0.156. The Kier molecular flexibility index (Phi) is 4.47. The molecule has 2 rings (SSSR count). The largest absolute Gasteiger partial charge is 0.493 e. The topological polar surface area (TPSA) is 27.7 Å². The van der Waals surface area contributed by atoms with Gasteiger partial charge in [0, 0.05) is 9.75 Å². The maximum absolute atomic E-state index is 5.41. The van der Waals surface area contributed by atoms with Crippen molar-refractivity contribution in [1.29, 1.82) is 0 Å². The summed E-state index contributed by atoms with van der Waals surface area (Å²) in [5, 5.41) is 0. The lowest BCUT2D eigenvalue weighted by Crippen LogP contribution is -2.07. The first-order valence-corrected chi connectivity index (χ1v) is 7.63. The van der Waals surface area contributed by atoms with Gasteiger partial charge in [0.1, 0.15) is 0 Å². The van der Waals surface area contributed by atoms with Crippen LogP contribution in [0.5, 0.6) is 17.2 Å². The first-order chi connectivity index (χ1) is 9.90. The van der Waals surface area contributed by atoms with Crippen LogP contribution in [-0.4, -0.2) is 21.3 Å². The Bertz CT molecular complexity index is 598. The molecule has 3 nitrogen and oxygen atoms in total. The molecular weight excluding hydrogens is 284 g/mol. The highest BCUT2D eigenvalue weighted by atomic mass is 32.1. The van der Waals surface area contributed by atoms with Crippen molar-refractivity contribution in [2.75, 3.05) is 21.3 Å². The van der Waals surface area contributed by atoms with Crippen molar-refractivity contribution in [2.24, 2.45) is 0 Å². The summed E-state index contributed by atoms with van der Waals surface area (Å²) in [4.78, 5) is 2.55. The van der Waals surface area contributed by atoms with E-state index in [-0.39, 0.29) is 5.41 Å². The molecule has 0 aliphatic heterocycles. The van der Waals surface area contributed by atoms with Crippen LogP contribution < -0.4 is 14.2 Å². The fourth-order valence-corrected chi connectivity index (χ4v) is 3.17. The van der Waals surface area contributed by atoms with Gasteiger partial charge in [-0.1, -0.05) is 20.8 Å². The van der Waals surface area contributed by atoms with E-state index >= 15 is 0 Å². The summed E-state index contributed by atoms with van der Waals surface area (Å²) in [7, 11) is 4.88. The molecule has 0 radical (unpaired) electrons. The third kappa shape index (κ3) is 3.16. The second-order valence-corrected chi connectivity index (χ2v) is 6.91. The van der Waals surface area contributed by atoms with E-state index in [1.165, 1.54) is 9.75 Å². The highest BCUT2D eigenvalue weighted by Gasteiger charge is 2.19. The van der Waals surface area contributed by atoms with E-state index in [9.17, 15) is 0 Å². The van der Waals surface area contributed by atoms with Gasteiger partial charge in [-0.25, -0.2) is 0 Å². The average molecular weight is 306 g/mol. The Morgan fingerprint density at radius 3 is 1.81 bits per heavy atom.